The Hall–Kier alpha value is -2.41. The monoisotopic (exact) mass is 856 g/mol. The van der Waals surface area contributed by atoms with Gasteiger partial charge in [-0.1, -0.05) is 52.6 Å². The minimum absolute atomic E-state index is 0.101. The Morgan fingerprint density at radius 3 is 2.06 bits per heavy atom. The number of carbonyl (C=O) groups excluding carboxylic acids is 1. The van der Waals surface area contributed by atoms with E-state index in [9.17, 15) is 4.79 Å². The number of carbonyl (C=O) groups is 1. The Labute approximate surface area is 330 Å². The van der Waals surface area contributed by atoms with Crippen LogP contribution in [-0.2, 0) is 9.53 Å². The van der Waals surface area contributed by atoms with Crippen molar-refractivity contribution in [3.63, 3.8) is 0 Å². The summed E-state index contributed by atoms with van der Waals surface area (Å²) in [7, 11) is 1.49. The first kappa shape index (κ1) is 38.3. The number of fused-ring (bicyclic) bond motifs is 5. The minimum Gasteiger partial charge on any atom is -0.469 e. The lowest BCUT2D eigenvalue weighted by Gasteiger charge is -2.61. The van der Waals surface area contributed by atoms with Crippen LogP contribution < -0.4 is 21.5 Å². The fourth-order valence-electron chi connectivity index (χ4n) is 10.4. The molecule has 8 atom stereocenters. The van der Waals surface area contributed by atoms with Crippen LogP contribution in [0.5, 0.6) is 0 Å². The summed E-state index contributed by atoms with van der Waals surface area (Å²) in [5.41, 5.74) is 10.9. The molecule has 51 heavy (non-hydrogen) atoms. The van der Waals surface area contributed by atoms with Gasteiger partial charge >= 0.3 is 5.97 Å². The van der Waals surface area contributed by atoms with Crippen LogP contribution in [0, 0.1) is 46.3 Å². The highest BCUT2D eigenvalue weighted by Crippen LogP contribution is 2.67. The molecule has 0 aromatic heterocycles. The van der Waals surface area contributed by atoms with Crippen molar-refractivity contribution in [1.82, 2.24) is 10.9 Å². The molecule has 274 valence electrons. The standard InChI is InChI=1S/C39H50Br2N6O2S2/c1-23(5-16-35(48)49-4)30-14-15-31-29-22-34(45-47-37(51)43-27-12-8-25(41)9-13-27)33-21-28(17-19-39(33,3)32(29)18-20-38(30,31)2)44-46-36(50)42-26-10-6-24(40)7-11-26/h6-13,23,29-33H,5,14-22H2,1-4H3,(H2,42,46,50)(H2,43,47,51)/b44-28+,45-34+/t23-,29+,30-,31+,32+,33+,38-,39-/m1/s1. The third kappa shape index (κ3) is 8.54. The van der Waals surface area contributed by atoms with E-state index in [2.05, 4.69) is 74.1 Å². The summed E-state index contributed by atoms with van der Waals surface area (Å²) in [5, 5.41) is 17.5. The van der Waals surface area contributed by atoms with Gasteiger partial charge in [-0.2, -0.15) is 10.2 Å². The molecular weight excluding hydrogens is 808 g/mol. The van der Waals surface area contributed by atoms with Crippen molar-refractivity contribution in [2.75, 3.05) is 17.7 Å². The number of methoxy groups -OCH3 is 1. The molecule has 4 N–H and O–H groups in total. The average molecular weight is 859 g/mol. The number of hydrazone groups is 2. The van der Waals surface area contributed by atoms with E-state index in [-0.39, 0.29) is 22.7 Å². The second kappa shape index (κ2) is 16.3. The quantitative estimate of drug-likeness (QED) is 0.118. The molecule has 4 saturated carbocycles. The van der Waals surface area contributed by atoms with E-state index in [4.69, 9.17) is 39.4 Å². The Balaban J connectivity index is 1.22. The van der Waals surface area contributed by atoms with E-state index in [1.165, 1.54) is 38.5 Å². The third-order valence-electron chi connectivity index (χ3n) is 12.9. The second-order valence-corrected chi connectivity index (χ2v) is 18.2. The van der Waals surface area contributed by atoms with E-state index in [0.29, 0.717) is 46.2 Å². The zero-order chi connectivity index (χ0) is 36.3. The second-order valence-electron chi connectivity index (χ2n) is 15.6. The van der Waals surface area contributed by atoms with Gasteiger partial charge in [0.2, 0.25) is 0 Å². The molecule has 0 spiro atoms. The molecule has 0 saturated heterocycles. The maximum atomic E-state index is 12.0. The molecular formula is C39H50Br2N6O2S2. The first-order valence-corrected chi connectivity index (χ1v) is 20.6. The fraction of sp³-hybridized carbons (Fsp3) is 0.564. The number of rotatable bonds is 8. The number of hydrogen-bond acceptors (Lipinski definition) is 6. The number of anilines is 2. The lowest BCUT2D eigenvalue weighted by molar-refractivity contribution is -0.141. The average Bonchev–Trinajstić information content (AvgIpc) is 3.48. The van der Waals surface area contributed by atoms with Crippen molar-refractivity contribution in [3.05, 3.63) is 57.5 Å². The number of nitrogens with one attached hydrogen (secondary N) is 4. The number of esters is 1. The molecule has 6 rings (SSSR count). The molecule has 12 heteroatoms. The number of thiocarbonyl (C=S) groups is 2. The molecule has 2 aromatic carbocycles. The number of halogens is 2. The van der Waals surface area contributed by atoms with Gasteiger partial charge in [0, 0.05) is 44.1 Å². The van der Waals surface area contributed by atoms with Crippen LogP contribution >= 0.6 is 56.3 Å². The number of benzene rings is 2. The lowest BCUT2D eigenvalue weighted by atomic mass is 9.44. The Morgan fingerprint density at radius 1 is 0.863 bits per heavy atom. The highest BCUT2D eigenvalue weighted by Gasteiger charge is 2.62. The van der Waals surface area contributed by atoms with Crippen molar-refractivity contribution >= 4 is 95.3 Å². The predicted molar refractivity (Wildman–Crippen MR) is 223 cm³/mol. The Morgan fingerprint density at radius 2 is 1.45 bits per heavy atom. The number of ether oxygens (including phenoxy) is 1. The van der Waals surface area contributed by atoms with E-state index < -0.39 is 0 Å². The van der Waals surface area contributed by atoms with Gasteiger partial charge in [-0.05, 0) is 171 Å². The molecule has 8 nitrogen and oxygen atoms in total. The zero-order valence-electron chi connectivity index (χ0n) is 29.9. The van der Waals surface area contributed by atoms with Crippen LogP contribution in [-0.4, -0.2) is 34.7 Å². The third-order valence-corrected chi connectivity index (χ3v) is 14.4. The van der Waals surface area contributed by atoms with E-state index in [1.54, 1.807) is 0 Å². The first-order chi connectivity index (χ1) is 24.4. The van der Waals surface area contributed by atoms with Gasteiger partial charge in [-0.15, -0.1) is 0 Å². The molecule has 0 amide bonds. The van der Waals surface area contributed by atoms with E-state index in [1.807, 2.05) is 48.5 Å². The summed E-state index contributed by atoms with van der Waals surface area (Å²) >= 11 is 18.3. The SMILES string of the molecule is COC(=O)CC[C@@H](C)[C@H]1CC[C@H]2[C@@H]3C/C(=N\NC(=S)Nc4ccc(Br)cc4)[C@@H]4C/C(=N/NC(=S)Nc5ccc(Br)cc5)CC[C@]4(C)[C@H]3CC[C@]12C. The van der Waals surface area contributed by atoms with Crippen LogP contribution in [0.3, 0.4) is 0 Å². The fourth-order valence-corrected chi connectivity index (χ4v) is 11.2. The lowest BCUT2D eigenvalue weighted by Crippen LogP contribution is -2.57. The summed E-state index contributed by atoms with van der Waals surface area (Å²) < 4.78 is 7.02. The molecule has 0 radical (unpaired) electrons. The number of nitrogens with zero attached hydrogens (tertiary/aromatic N) is 2. The van der Waals surface area contributed by atoms with Gasteiger partial charge in [0.1, 0.15) is 0 Å². The summed E-state index contributed by atoms with van der Waals surface area (Å²) in [6.07, 6.45) is 10.2. The summed E-state index contributed by atoms with van der Waals surface area (Å²) in [6, 6.07) is 15.9. The van der Waals surface area contributed by atoms with E-state index >= 15 is 0 Å². The molecule has 0 unspecified atom stereocenters. The van der Waals surface area contributed by atoms with Gasteiger partial charge < -0.3 is 15.4 Å². The minimum atomic E-state index is -0.101. The van der Waals surface area contributed by atoms with Gasteiger partial charge in [-0.25, -0.2) is 0 Å². The van der Waals surface area contributed by atoms with Crippen LogP contribution in [0.1, 0.15) is 85.0 Å². The summed E-state index contributed by atoms with van der Waals surface area (Å²) in [6.45, 7) is 7.45. The number of hydrogen-bond donors (Lipinski definition) is 4. The molecule has 4 fully saturated rings. The van der Waals surface area contributed by atoms with Crippen LogP contribution in [0.25, 0.3) is 0 Å². The smallest absolute Gasteiger partial charge is 0.305 e. The van der Waals surface area contributed by atoms with Crippen molar-refractivity contribution in [2.45, 2.75) is 85.0 Å². The van der Waals surface area contributed by atoms with Crippen molar-refractivity contribution in [1.29, 1.82) is 0 Å². The van der Waals surface area contributed by atoms with Gasteiger partial charge in [0.05, 0.1) is 7.11 Å². The Bertz CT molecular complexity index is 1670. The maximum Gasteiger partial charge on any atom is 0.305 e. The molecule has 0 heterocycles. The van der Waals surface area contributed by atoms with Crippen molar-refractivity contribution in [2.24, 2.45) is 56.5 Å². The molecule has 0 aliphatic heterocycles. The van der Waals surface area contributed by atoms with Crippen molar-refractivity contribution in [3.8, 4) is 0 Å². The zero-order valence-corrected chi connectivity index (χ0v) is 34.7. The predicted octanol–water partition coefficient (Wildman–Crippen LogP) is 10.1. The van der Waals surface area contributed by atoms with Gasteiger partial charge in [-0.3, -0.25) is 15.6 Å². The van der Waals surface area contributed by atoms with Crippen LogP contribution in [0.15, 0.2) is 67.7 Å². The Kier molecular flexibility index (Phi) is 12.3. The molecule has 4 aliphatic rings. The van der Waals surface area contributed by atoms with Crippen molar-refractivity contribution < 1.29 is 9.53 Å². The highest BCUT2D eigenvalue weighted by atomic mass is 79.9. The molecule has 2 aromatic rings. The topological polar surface area (TPSA) is 99.1 Å². The summed E-state index contributed by atoms with van der Waals surface area (Å²) in [4.78, 5) is 12.0. The normalized spacial score (nSPS) is 31.8. The molecule has 4 aliphatic carbocycles. The molecule has 0 bridgehead atoms. The van der Waals surface area contributed by atoms with Crippen LogP contribution in [0.4, 0.5) is 11.4 Å². The maximum absolute atomic E-state index is 12.0. The largest absolute Gasteiger partial charge is 0.469 e. The van der Waals surface area contributed by atoms with Gasteiger partial charge in [0.25, 0.3) is 0 Å². The first-order valence-electron chi connectivity index (χ1n) is 18.2. The van der Waals surface area contributed by atoms with Crippen LogP contribution in [0.2, 0.25) is 0 Å². The van der Waals surface area contributed by atoms with Gasteiger partial charge in [0.15, 0.2) is 10.2 Å². The van der Waals surface area contributed by atoms with E-state index in [0.717, 1.165) is 58.1 Å². The summed E-state index contributed by atoms with van der Waals surface area (Å²) in [5.74, 6) is 3.09. The highest BCUT2D eigenvalue weighted by molar-refractivity contribution is 9.10.